The average Bonchev–Trinajstić information content (AvgIpc) is 3.34. The zero-order valence-electron chi connectivity index (χ0n) is 16.6. The summed E-state index contributed by atoms with van der Waals surface area (Å²) >= 11 is 0. The summed E-state index contributed by atoms with van der Waals surface area (Å²) in [6, 6.07) is 36.4. The fraction of sp³-hybridized carbons (Fsp3) is 0. The Morgan fingerprint density at radius 3 is 2.29 bits per heavy atom. The number of benzene rings is 5. The molecular formula is C29H16N2. The van der Waals surface area contributed by atoms with Crippen LogP contribution in [0.4, 0.5) is 0 Å². The van der Waals surface area contributed by atoms with Crippen molar-refractivity contribution in [3.8, 4) is 34.0 Å². The zero-order valence-corrected chi connectivity index (χ0v) is 16.6. The van der Waals surface area contributed by atoms with Gasteiger partial charge in [-0.25, -0.2) is 0 Å². The third kappa shape index (κ3) is 2.05. The Morgan fingerprint density at radius 2 is 1.42 bits per heavy atom. The molecule has 0 saturated carbocycles. The number of rotatable bonds is 1. The minimum atomic E-state index is 0.668. The van der Waals surface area contributed by atoms with E-state index in [0.29, 0.717) is 5.56 Å². The molecule has 1 aromatic heterocycles. The summed E-state index contributed by atoms with van der Waals surface area (Å²) in [5, 5.41) is 14.6. The number of fused-ring (bicyclic) bond motifs is 7. The van der Waals surface area contributed by atoms with Crippen LogP contribution in [0.15, 0.2) is 97.1 Å². The average molecular weight is 392 g/mol. The molecule has 6 aromatic rings. The summed E-state index contributed by atoms with van der Waals surface area (Å²) < 4.78 is 2.29. The van der Waals surface area contributed by atoms with Gasteiger partial charge in [0.2, 0.25) is 0 Å². The van der Waals surface area contributed by atoms with Gasteiger partial charge in [0.15, 0.2) is 0 Å². The van der Waals surface area contributed by atoms with E-state index in [9.17, 15) is 5.26 Å². The van der Waals surface area contributed by atoms with Crippen LogP contribution in [0.5, 0.6) is 0 Å². The highest BCUT2D eigenvalue weighted by molar-refractivity contribution is 6.26. The molecule has 0 bridgehead atoms. The first-order valence-corrected chi connectivity index (χ1v) is 10.4. The van der Waals surface area contributed by atoms with Gasteiger partial charge in [0.25, 0.3) is 0 Å². The van der Waals surface area contributed by atoms with Crippen LogP contribution in [-0.2, 0) is 0 Å². The molecule has 0 unspecified atom stereocenters. The van der Waals surface area contributed by atoms with Crippen LogP contribution in [-0.4, -0.2) is 4.57 Å². The Morgan fingerprint density at radius 1 is 0.613 bits per heavy atom. The minimum Gasteiger partial charge on any atom is -0.309 e. The topological polar surface area (TPSA) is 28.7 Å². The van der Waals surface area contributed by atoms with Crippen LogP contribution in [0.25, 0.3) is 60.5 Å². The lowest BCUT2D eigenvalue weighted by atomic mass is 9.98. The van der Waals surface area contributed by atoms with E-state index in [1.807, 2.05) is 18.2 Å². The van der Waals surface area contributed by atoms with Crippen LogP contribution >= 0.6 is 0 Å². The molecule has 142 valence electrons. The molecule has 0 amide bonds. The van der Waals surface area contributed by atoms with Crippen LogP contribution in [0.1, 0.15) is 5.56 Å². The van der Waals surface area contributed by atoms with Gasteiger partial charge in [-0.2, -0.15) is 5.26 Å². The second-order valence-corrected chi connectivity index (χ2v) is 8.11. The lowest BCUT2D eigenvalue weighted by molar-refractivity contribution is 1.18. The van der Waals surface area contributed by atoms with Gasteiger partial charge in [-0.1, -0.05) is 66.7 Å². The summed E-state index contributed by atoms with van der Waals surface area (Å²) in [7, 11) is 0. The predicted octanol–water partition coefficient (Wildman–Crippen LogP) is 7.46. The first kappa shape index (κ1) is 16.4. The molecule has 0 aliphatic heterocycles. The summed E-state index contributed by atoms with van der Waals surface area (Å²) in [5.74, 6) is 0. The number of hydrogen-bond donors (Lipinski definition) is 0. The first-order chi connectivity index (χ1) is 15.3. The zero-order chi connectivity index (χ0) is 20.5. The lowest BCUT2D eigenvalue weighted by Crippen LogP contribution is -1.94. The maximum Gasteiger partial charge on any atom is 0.0992 e. The van der Waals surface area contributed by atoms with E-state index < -0.39 is 0 Å². The van der Waals surface area contributed by atoms with Crippen LogP contribution in [0, 0.1) is 11.3 Å². The van der Waals surface area contributed by atoms with E-state index >= 15 is 0 Å². The molecule has 1 heterocycles. The second kappa shape index (κ2) is 5.84. The van der Waals surface area contributed by atoms with Crippen molar-refractivity contribution in [1.82, 2.24) is 4.57 Å². The minimum absolute atomic E-state index is 0.668. The van der Waals surface area contributed by atoms with Gasteiger partial charge in [0.1, 0.15) is 0 Å². The number of nitrogens with zero attached hydrogens (tertiary/aromatic N) is 2. The fourth-order valence-corrected chi connectivity index (χ4v) is 5.33. The van der Waals surface area contributed by atoms with Gasteiger partial charge in [-0.15, -0.1) is 0 Å². The van der Waals surface area contributed by atoms with E-state index in [-0.39, 0.29) is 0 Å². The quantitative estimate of drug-likeness (QED) is 0.285. The van der Waals surface area contributed by atoms with Crippen molar-refractivity contribution in [2.75, 3.05) is 0 Å². The van der Waals surface area contributed by atoms with Gasteiger partial charge in [-0.05, 0) is 57.8 Å². The Bertz CT molecular complexity index is 1740. The molecule has 0 spiro atoms. The SMILES string of the molecule is N#Cc1cccc(-n2c3ccccc3c3c4c(ccc32)-c2cccc3cccc-4c23)c1. The highest BCUT2D eigenvalue weighted by Gasteiger charge is 2.26. The molecule has 0 atom stereocenters. The van der Waals surface area contributed by atoms with Crippen molar-refractivity contribution in [3.63, 3.8) is 0 Å². The monoisotopic (exact) mass is 392 g/mol. The first-order valence-electron chi connectivity index (χ1n) is 10.4. The van der Waals surface area contributed by atoms with Crippen molar-refractivity contribution in [2.24, 2.45) is 0 Å². The van der Waals surface area contributed by atoms with Gasteiger partial charge in [-0.3, -0.25) is 0 Å². The van der Waals surface area contributed by atoms with Crippen molar-refractivity contribution in [1.29, 1.82) is 5.26 Å². The van der Waals surface area contributed by atoms with Crippen molar-refractivity contribution >= 4 is 32.6 Å². The van der Waals surface area contributed by atoms with Crippen LogP contribution in [0.2, 0.25) is 0 Å². The summed E-state index contributed by atoms with van der Waals surface area (Å²) in [6.07, 6.45) is 0. The third-order valence-corrected chi connectivity index (χ3v) is 6.54. The maximum absolute atomic E-state index is 9.44. The van der Waals surface area contributed by atoms with Crippen LogP contribution in [0.3, 0.4) is 0 Å². The Kier molecular flexibility index (Phi) is 3.10. The van der Waals surface area contributed by atoms with E-state index in [2.05, 4.69) is 89.5 Å². The summed E-state index contributed by atoms with van der Waals surface area (Å²) in [6.45, 7) is 0. The van der Waals surface area contributed by atoms with Gasteiger partial charge < -0.3 is 4.57 Å². The molecule has 1 aliphatic rings. The molecule has 5 aromatic carbocycles. The molecule has 0 N–H and O–H groups in total. The van der Waals surface area contributed by atoms with E-state index in [0.717, 1.165) is 11.2 Å². The number of nitriles is 1. The third-order valence-electron chi connectivity index (χ3n) is 6.54. The number of aromatic nitrogens is 1. The molecule has 1 aliphatic carbocycles. The Hall–Kier alpha value is -4.35. The number of para-hydroxylation sites is 1. The molecule has 0 radical (unpaired) electrons. The van der Waals surface area contributed by atoms with Crippen molar-refractivity contribution in [2.45, 2.75) is 0 Å². The van der Waals surface area contributed by atoms with Crippen molar-refractivity contribution < 1.29 is 0 Å². The van der Waals surface area contributed by atoms with E-state index in [4.69, 9.17) is 0 Å². The smallest absolute Gasteiger partial charge is 0.0992 e. The van der Waals surface area contributed by atoms with Crippen LogP contribution < -0.4 is 0 Å². The molecule has 2 heteroatoms. The summed E-state index contributed by atoms with van der Waals surface area (Å²) in [5.41, 5.74) is 9.24. The standard InChI is InChI=1S/C29H16N2/c30-17-18-6-3-9-20(16-18)31-25-13-2-1-10-23(25)29-26(31)15-14-22-21-11-4-7-19-8-5-12-24(27(19)21)28(22)29/h1-16H. The predicted molar refractivity (Wildman–Crippen MR) is 127 cm³/mol. The van der Waals surface area contributed by atoms with Gasteiger partial charge in [0, 0.05) is 22.0 Å². The summed E-state index contributed by atoms with van der Waals surface area (Å²) in [4.78, 5) is 0. The van der Waals surface area contributed by atoms with E-state index in [1.165, 1.54) is 49.3 Å². The normalized spacial score (nSPS) is 11.8. The molecule has 0 fully saturated rings. The highest BCUT2D eigenvalue weighted by Crippen LogP contribution is 2.52. The highest BCUT2D eigenvalue weighted by atomic mass is 15.0. The second-order valence-electron chi connectivity index (χ2n) is 8.11. The Balaban J connectivity index is 1.69. The number of hydrogen-bond acceptors (Lipinski definition) is 1. The van der Waals surface area contributed by atoms with Crippen molar-refractivity contribution in [3.05, 3.63) is 103 Å². The molecule has 0 saturated heterocycles. The van der Waals surface area contributed by atoms with E-state index in [1.54, 1.807) is 0 Å². The lowest BCUT2D eigenvalue weighted by Gasteiger charge is -2.09. The molecule has 31 heavy (non-hydrogen) atoms. The van der Waals surface area contributed by atoms with Gasteiger partial charge >= 0.3 is 0 Å². The largest absolute Gasteiger partial charge is 0.309 e. The maximum atomic E-state index is 9.44. The fourth-order valence-electron chi connectivity index (χ4n) is 5.33. The molecular weight excluding hydrogens is 376 g/mol. The Labute approximate surface area is 179 Å². The molecule has 2 nitrogen and oxygen atoms in total. The molecule has 7 rings (SSSR count). The van der Waals surface area contributed by atoms with Gasteiger partial charge in [0.05, 0.1) is 22.7 Å².